The number of alkyl halides is 3. The topological polar surface area (TPSA) is 50.6 Å². The van der Waals surface area contributed by atoms with Gasteiger partial charge in [0.2, 0.25) is 0 Å². The molecule has 1 heterocycles. The van der Waals surface area contributed by atoms with Crippen LogP contribution in [0.4, 0.5) is 18.9 Å². The molecule has 2 rings (SSSR count). The molecule has 0 unspecified atom stereocenters. The van der Waals surface area contributed by atoms with E-state index in [1.807, 2.05) is 20.8 Å². The van der Waals surface area contributed by atoms with Crippen LogP contribution in [0.2, 0.25) is 0 Å². The summed E-state index contributed by atoms with van der Waals surface area (Å²) in [6.07, 6.45) is -3.07. The van der Waals surface area contributed by atoms with Crippen molar-refractivity contribution in [1.29, 1.82) is 0 Å². The average molecular weight is 386 g/mol. The van der Waals surface area contributed by atoms with Crippen molar-refractivity contribution in [3.8, 4) is 10.9 Å². The lowest BCUT2D eigenvalue weighted by Crippen LogP contribution is -2.14. The molecule has 0 N–H and O–H groups in total. The van der Waals surface area contributed by atoms with Gasteiger partial charge in [0.15, 0.2) is 0 Å². The molecule has 0 saturated carbocycles. The van der Waals surface area contributed by atoms with E-state index >= 15 is 0 Å². The summed E-state index contributed by atoms with van der Waals surface area (Å²) in [6, 6.07) is 2.33. The molecule has 0 spiro atoms. The first-order valence-electron chi connectivity index (χ1n) is 8.09. The Kier molecular flexibility index (Phi) is 6.22. The average Bonchev–Trinajstić information content (AvgIpc) is 3.01. The van der Waals surface area contributed by atoms with Crippen molar-refractivity contribution in [1.82, 2.24) is 14.3 Å². The molecule has 2 aromatic rings. The number of hydrogen-bond donors (Lipinski definition) is 0. The fourth-order valence-corrected chi connectivity index (χ4v) is 2.63. The molecule has 5 nitrogen and oxygen atoms in total. The van der Waals surface area contributed by atoms with E-state index in [0.717, 1.165) is 17.6 Å². The van der Waals surface area contributed by atoms with Gasteiger partial charge in [-0.05, 0) is 31.5 Å². The molecule has 0 bridgehead atoms. The first-order chi connectivity index (χ1) is 12.1. The highest BCUT2D eigenvalue weighted by Crippen LogP contribution is 2.42. The smallest absolute Gasteiger partial charge is 0.420 e. The van der Waals surface area contributed by atoms with Gasteiger partial charge in [0.05, 0.1) is 12.0 Å². The second-order valence-electron chi connectivity index (χ2n) is 6.13. The van der Waals surface area contributed by atoms with E-state index in [4.69, 9.17) is 4.74 Å². The molecular formula is C17H21F3N4OS. The number of aliphatic imine (C=N–C) groups is 1. The Morgan fingerprint density at radius 1 is 1.35 bits per heavy atom. The third-order valence-electron chi connectivity index (χ3n) is 3.63. The summed E-state index contributed by atoms with van der Waals surface area (Å²) in [6.45, 7) is 8.11. The van der Waals surface area contributed by atoms with Crippen LogP contribution in [0.1, 0.15) is 43.6 Å². The van der Waals surface area contributed by atoms with Gasteiger partial charge in [-0.15, -0.1) is 0 Å². The van der Waals surface area contributed by atoms with Crippen molar-refractivity contribution in [3.63, 3.8) is 0 Å². The predicted molar refractivity (Wildman–Crippen MR) is 96.7 cm³/mol. The lowest BCUT2D eigenvalue weighted by molar-refractivity contribution is -0.138. The first-order valence-corrected chi connectivity index (χ1v) is 8.86. The van der Waals surface area contributed by atoms with Gasteiger partial charge < -0.3 is 9.64 Å². The lowest BCUT2D eigenvalue weighted by Gasteiger charge is -2.15. The molecule has 0 radical (unpaired) electrons. The summed E-state index contributed by atoms with van der Waals surface area (Å²) in [4.78, 5) is 10.0. The molecule has 0 aliphatic rings. The Labute approximate surface area is 154 Å². The summed E-state index contributed by atoms with van der Waals surface area (Å²) in [5.74, 6) is 0.308. The van der Waals surface area contributed by atoms with E-state index in [2.05, 4.69) is 14.3 Å². The summed E-state index contributed by atoms with van der Waals surface area (Å²) in [5, 5.41) is 0.0839. The highest BCUT2D eigenvalue weighted by Gasteiger charge is 2.35. The Morgan fingerprint density at radius 2 is 2.04 bits per heavy atom. The van der Waals surface area contributed by atoms with Crippen LogP contribution in [-0.2, 0) is 6.18 Å². The number of aromatic nitrogens is 2. The van der Waals surface area contributed by atoms with Crippen LogP contribution in [0, 0.1) is 6.92 Å². The number of rotatable bonds is 6. The van der Waals surface area contributed by atoms with Gasteiger partial charge in [0.1, 0.15) is 17.1 Å². The van der Waals surface area contributed by atoms with E-state index in [-0.39, 0.29) is 22.5 Å². The van der Waals surface area contributed by atoms with Crippen molar-refractivity contribution in [3.05, 3.63) is 29.1 Å². The molecule has 0 aliphatic carbocycles. The van der Waals surface area contributed by atoms with E-state index in [1.165, 1.54) is 12.4 Å². The number of aryl methyl sites for hydroxylation is 1. The number of benzene rings is 1. The molecule has 0 amide bonds. The Bertz CT molecular complexity index is 787. The molecule has 0 aliphatic heterocycles. The summed E-state index contributed by atoms with van der Waals surface area (Å²) < 4.78 is 50.0. The maximum absolute atomic E-state index is 13.5. The number of halogens is 3. The largest absolute Gasteiger partial charge is 0.429 e. The van der Waals surface area contributed by atoms with Crippen molar-refractivity contribution >= 4 is 23.6 Å². The van der Waals surface area contributed by atoms with Crippen LogP contribution in [0.25, 0.3) is 0 Å². The predicted octanol–water partition coefficient (Wildman–Crippen LogP) is 5.39. The van der Waals surface area contributed by atoms with Crippen molar-refractivity contribution < 1.29 is 17.9 Å². The van der Waals surface area contributed by atoms with Crippen LogP contribution in [-0.4, -0.2) is 34.2 Å². The molecule has 26 heavy (non-hydrogen) atoms. The Balaban J connectivity index is 2.41. The maximum Gasteiger partial charge on any atom is 0.420 e. The molecule has 0 atom stereocenters. The van der Waals surface area contributed by atoms with Crippen LogP contribution >= 0.6 is 11.5 Å². The second-order valence-corrected chi connectivity index (χ2v) is 6.84. The van der Waals surface area contributed by atoms with Gasteiger partial charge in [-0.25, -0.2) is 4.99 Å². The van der Waals surface area contributed by atoms with Gasteiger partial charge in [-0.2, -0.15) is 22.5 Å². The van der Waals surface area contributed by atoms with Gasteiger partial charge in [0.25, 0.3) is 5.19 Å². The first kappa shape index (κ1) is 20.2. The number of ether oxygens (including phenoxy) is 1. The van der Waals surface area contributed by atoms with Crippen LogP contribution in [0.5, 0.6) is 10.9 Å². The van der Waals surface area contributed by atoms with Gasteiger partial charge in [0, 0.05) is 31.0 Å². The minimum atomic E-state index is -4.57. The highest BCUT2D eigenvalue weighted by atomic mass is 32.1. The normalized spacial score (nSPS) is 12.2. The quantitative estimate of drug-likeness (QED) is 0.493. The molecule has 1 aromatic carbocycles. The van der Waals surface area contributed by atoms with Crippen LogP contribution < -0.4 is 4.74 Å². The highest BCUT2D eigenvalue weighted by molar-refractivity contribution is 7.07. The molecule has 1 aromatic heterocycles. The molecule has 0 saturated heterocycles. The third-order valence-corrected chi connectivity index (χ3v) is 4.24. The second kappa shape index (κ2) is 8.03. The van der Waals surface area contributed by atoms with Gasteiger partial charge >= 0.3 is 6.18 Å². The van der Waals surface area contributed by atoms with Gasteiger partial charge in [-0.1, -0.05) is 13.8 Å². The van der Waals surface area contributed by atoms with E-state index in [0.29, 0.717) is 17.9 Å². The number of nitrogens with zero attached hydrogens (tertiary/aromatic N) is 4. The fourth-order valence-electron chi connectivity index (χ4n) is 1.95. The SMILES string of the molecule is CCN(C)/C=N/c1cc(C(F)(F)F)c(Oc2nc(C(C)C)ns2)cc1C. The summed E-state index contributed by atoms with van der Waals surface area (Å²) in [5.41, 5.74) is -0.0804. The molecule has 9 heteroatoms. The number of hydrogen-bond acceptors (Lipinski definition) is 5. The van der Waals surface area contributed by atoms with Crippen LogP contribution in [0.15, 0.2) is 17.1 Å². The zero-order valence-electron chi connectivity index (χ0n) is 15.3. The van der Waals surface area contributed by atoms with Gasteiger partial charge in [-0.3, -0.25) is 0 Å². The third kappa shape index (κ3) is 4.94. The summed E-state index contributed by atoms with van der Waals surface area (Å²) >= 11 is 0.932. The van der Waals surface area contributed by atoms with Crippen molar-refractivity contribution in [2.75, 3.05) is 13.6 Å². The summed E-state index contributed by atoms with van der Waals surface area (Å²) in [7, 11) is 1.79. The monoisotopic (exact) mass is 386 g/mol. The minimum Gasteiger partial charge on any atom is -0.429 e. The van der Waals surface area contributed by atoms with Crippen molar-refractivity contribution in [2.45, 2.75) is 39.8 Å². The Hall–Kier alpha value is -2.16. The molecular weight excluding hydrogens is 365 g/mol. The van der Waals surface area contributed by atoms with Crippen molar-refractivity contribution in [2.24, 2.45) is 4.99 Å². The maximum atomic E-state index is 13.5. The van der Waals surface area contributed by atoms with Crippen LogP contribution in [0.3, 0.4) is 0 Å². The Morgan fingerprint density at radius 3 is 2.58 bits per heavy atom. The standard InChI is InChI=1S/C17H21F3N4OS/c1-6-24(5)9-21-13-8-12(17(18,19)20)14(7-11(13)4)25-16-22-15(10(2)3)23-26-16/h7-10H,6H2,1-5H3/b21-9+. The fraction of sp³-hybridized carbons (Fsp3) is 0.471. The zero-order valence-corrected chi connectivity index (χ0v) is 16.1. The zero-order chi connectivity index (χ0) is 19.5. The van der Waals surface area contributed by atoms with E-state index in [1.54, 1.807) is 18.9 Å². The lowest BCUT2D eigenvalue weighted by atomic mass is 10.1. The van der Waals surface area contributed by atoms with E-state index < -0.39 is 11.7 Å². The van der Waals surface area contributed by atoms with E-state index in [9.17, 15) is 13.2 Å². The molecule has 0 fully saturated rings. The minimum absolute atomic E-state index is 0.0692. The molecule has 142 valence electrons.